The van der Waals surface area contributed by atoms with E-state index in [0.29, 0.717) is 12.8 Å². The van der Waals surface area contributed by atoms with Crippen molar-refractivity contribution in [2.45, 2.75) is 12.8 Å². The van der Waals surface area contributed by atoms with Gasteiger partial charge >= 0.3 is 0 Å². The molecule has 0 atom stereocenters. The summed E-state index contributed by atoms with van der Waals surface area (Å²) in [6, 6.07) is 0. The lowest BCUT2D eigenvalue weighted by Gasteiger charge is -1.64. The molecule has 0 heterocycles. The van der Waals surface area contributed by atoms with Crippen LogP contribution in [0.3, 0.4) is 0 Å². The van der Waals surface area contributed by atoms with E-state index >= 15 is 0 Å². The Hall–Kier alpha value is -1.76. The van der Waals surface area contributed by atoms with E-state index in [1.807, 2.05) is 0 Å². The van der Waals surface area contributed by atoms with Gasteiger partial charge in [-0.25, -0.2) is 0 Å². The van der Waals surface area contributed by atoms with Crippen LogP contribution in [0.2, 0.25) is 0 Å². The minimum absolute atomic E-state index is 0.449. The van der Waals surface area contributed by atoms with Crippen LogP contribution in [0, 0.1) is 48.4 Å². The Morgan fingerprint density at radius 3 is 1.50 bits per heavy atom. The van der Waals surface area contributed by atoms with E-state index < -0.39 is 0 Å². The SMILES string of the molecule is C#CCC#CC#CCC#C. The van der Waals surface area contributed by atoms with Gasteiger partial charge < -0.3 is 0 Å². The molecule has 0 radical (unpaired) electrons. The normalized spacial score (nSPS) is 5.00. The van der Waals surface area contributed by atoms with Gasteiger partial charge in [0.05, 0.1) is 12.8 Å². The molecule has 0 aliphatic rings. The maximum absolute atomic E-state index is 4.94. The first kappa shape index (κ1) is 8.24. The zero-order valence-corrected chi connectivity index (χ0v) is 5.57. The molecule has 0 unspecified atom stereocenters. The van der Waals surface area contributed by atoms with Crippen molar-refractivity contribution in [3.63, 3.8) is 0 Å². The molecular weight excluding hydrogens is 120 g/mol. The molecule has 0 aromatic rings. The monoisotopic (exact) mass is 126 g/mol. The third-order valence-corrected chi connectivity index (χ3v) is 0.620. The molecule has 0 bridgehead atoms. The van der Waals surface area contributed by atoms with E-state index in [-0.39, 0.29) is 0 Å². The second-order valence-corrected chi connectivity index (χ2v) is 1.37. The van der Waals surface area contributed by atoms with Crippen LogP contribution in [-0.2, 0) is 0 Å². The molecule has 0 aromatic carbocycles. The summed E-state index contributed by atoms with van der Waals surface area (Å²) in [5.74, 6) is 15.2. The lowest BCUT2D eigenvalue weighted by atomic mass is 10.4. The van der Waals surface area contributed by atoms with Crippen molar-refractivity contribution in [3.8, 4) is 48.4 Å². The summed E-state index contributed by atoms with van der Waals surface area (Å²) >= 11 is 0. The van der Waals surface area contributed by atoms with Gasteiger partial charge in [-0.3, -0.25) is 0 Å². The molecule has 0 aliphatic carbocycles. The van der Waals surface area contributed by atoms with E-state index in [4.69, 9.17) is 12.8 Å². The summed E-state index contributed by atoms with van der Waals surface area (Å²) in [5, 5.41) is 0. The summed E-state index contributed by atoms with van der Waals surface area (Å²) in [6.45, 7) is 0. The fraction of sp³-hybridized carbons (Fsp3) is 0.200. The first-order valence-corrected chi connectivity index (χ1v) is 2.74. The number of hydrogen-bond acceptors (Lipinski definition) is 0. The van der Waals surface area contributed by atoms with E-state index in [9.17, 15) is 0 Å². The van der Waals surface area contributed by atoms with E-state index in [1.165, 1.54) is 0 Å². The van der Waals surface area contributed by atoms with Gasteiger partial charge in [0.15, 0.2) is 0 Å². The van der Waals surface area contributed by atoms with E-state index in [2.05, 4.69) is 35.5 Å². The fourth-order valence-corrected chi connectivity index (χ4v) is 0.279. The molecule has 0 heteroatoms. The molecule has 0 aliphatic heterocycles. The third kappa shape index (κ3) is 6.24. The molecule has 0 rings (SSSR count). The minimum atomic E-state index is 0.449. The van der Waals surface area contributed by atoms with Gasteiger partial charge in [-0.15, -0.1) is 12.8 Å². The maximum atomic E-state index is 4.94. The molecule has 0 spiro atoms. The maximum Gasteiger partial charge on any atom is 0.0710 e. The van der Waals surface area contributed by atoms with Crippen molar-refractivity contribution in [2.24, 2.45) is 0 Å². The fourth-order valence-electron chi connectivity index (χ4n) is 0.279. The average Bonchev–Trinajstić information content (AvgIpc) is 1.97. The van der Waals surface area contributed by atoms with Crippen LogP contribution in [0.1, 0.15) is 12.8 Å². The lowest BCUT2D eigenvalue weighted by molar-refractivity contribution is 1.56. The highest BCUT2D eigenvalue weighted by atomic mass is 13.6. The lowest BCUT2D eigenvalue weighted by Crippen LogP contribution is -1.58. The zero-order chi connectivity index (χ0) is 7.66. The summed E-state index contributed by atoms with van der Waals surface area (Å²) in [5.41, 5.74) is 0. The number of rotatable bonds is 0. The summed E-state index contributed by atoms with van der Waals surface area (Å²) in [7, 11) is 0. The Morgan fingerprint density at radius 1 is 0.800 bits per heavy atom. The largest absolute Gasteiger partial charge is 0.119 e. The first-order chi connectivity index (χ1) is 4.91. The van der Waals surface area contributed by atoms with Crippen LogP contribution in [-0.4, -0.2) is 0 Å². The molecule has 0 fully saturated rings. The molecule has 10 heavy (non-hydrogen) atoms. The zero-order valence-electron chi connectivity index (χ0n) is 5.57. The molecule has 46 valence electrons. The second kappa shape index (κ2) is 7.24. The average molecular weight is 126 g/mol. The Kier molecular flexibility index (Phi) is 5.97. The minimum Gasteiger partial charge on any atom is -0.119 e. The predicted octanol–water partition coefficient (Wildman–Crippen LogP) is 1.04. The van der Waals surface area contributed by atoms with Crippen molar-refractivity contribution in [1.29, 1.82) is 0 Å². The summed E-state index contributed by atoms with van der Waals surface area (Å²) < 4.78 is 0. The topological polar surface area (TPSA) is 0 Å². The predicted molar refractivity (Wildman–Crippen MR) is 42.5 cm³/mol. The Morgan fingerprint density at radius 2 is 1.20 bits per heavy atom. The second-order valence-electron chi connectivity index (χ2n) is 1.37. The van der Waals surface area contributed by atoms with Crippen molar-refractivity contribution in [1.82, 2.24) is 0 Å². The highest BCUT2D eigenvalue weighted by Gasteiger charge is 1.61. The number of hydrogen-bond donors (Lipinski definition) is 0. The van der Waals surface area contributed by atoms with Gasteiger partial charge in [-0.1, -0.05) is 23.7 Å². The van der Waals surface area contributed by atoms with Gasteiger partial charge in [0, 0.05) is 0 Å². The van der Waals surface area contributed by atoms with Crippen LogP contribution >= 0.6 is 0 Å². The van der Waals surface area contributed by atoms with Crippen LogP contribution in [0.15, 0.2) is 0 Å². The highest BCUT2D eigenvalue weighted by molar-refractivity contribution is 5.28. The van der Waals surface area contributed by atoms with Gasteiger partial charge in [-0.2, -0.15) is 0 Å². The Labute approximate surface area is 62.0 Å². The van der Waals surface area contributed by atoms with Crippen LogP contribution in [0.25, 0.3) is 0 Å². The van der Waals surface area contributed by atoms with Crippen LogP contribution in [0.5, 0.6) is 0 Å². The molecule has 0 amide bonds. The Balaban J connectivity index is 3.61. The summed E-state index contributed by atoms with van der Waals surface area (Å²) in [4.78, 5) is 0. The van der Waals surface area contributed by atoms with E-state index in [0.717, 1.165) is 0 Å². The molecule has 0 N–H and O–H groups in total. The third-order valence-electron chi connectivity index (χ3n) is 0.620. The Bertz CT molecular complexity index is 240. The quantitative estimate of drug-likeness (QED) is 0.425. The van der Waals surface area contributed by atoms with Gasteiger partial charge in [0.25, 0.3) is 0 Å². The molecular formula is C10H6. The van der Waals surface area contributed by atoms with Crippen LogP contribution < -0.4 is 0 Å². The standard InChI is InChI=1S/C10H6/c1-3-5-7-9-10-8-6-4-2/h1-2H,5-6H2. The smallest absolute Gasteiger partial charge is 0.0710 e. The van der Waals surface area contributed by atoms with Gasteiger partial charge in [0.2, 0.25) is 0 Å². The highest BCUT2D eigenvalue weighted by Crippen LogP contribution is 1.68. The van der Waals surface area contributed by atoms with E-state index in [1.54, 1.807) is 0 Å². The molecule has 0 saturated heterocycles. The van der Waals surface area contributed by atoms with Crippen molar-refractivity contribution in [3.05, 3.63) is 0 Å². The van der Waals surface area contributed by atoms with Gasteiger partial charge in [-0.05, 0) is 11.8 Å². The molecule has 0 saturated carbocycles. The van der Waals surface area contributed by atoms with Crippen molar-refractivity contribution in [2.75, 3.05) is 0 Å². The first-order valence-electron chi connectivity index (χ1n) is 2.74. The van der Waals surface area contributed by atoms with Crippen molar-refractivity contribution < 1.29 is 0 Å². The molecule has 0 aromatic heterocycles. The molecule has 0 nitrogen and oxygen atoms in total. The van der Waals surface area contributed by atoms with Crippen molar-refractivity contribution >= 4 is 0 Å². The van der Waals surface area contributed by atoms with Crippen LogP contribution in [0.4, 0.5) is 0 Å². The number of terminal acetylenes is 2. The summed E-state index contributed by atoms with van der Waals surface area (Å²) in [6.07, 6.45) is 10.8. The van der Waals surface area contributed by atoms with Gasteiger partial charge in [0.1, 0.15) is 0 Å².